The summed E-state index contributed by atoms with van der Waals surface area (Å²) in [6.45, 7) is 12.8. The molecule has 1 aromatic carbocycles. The number of hydrogen-bond donors (Lipinski definition) is 11. The predicted molar refractivity (Wildman–Crippen MR) is 275 cm³/mol. The van der Waals surface area contributed by atoms with E-state index < -0.39 is 116 Å². The Morgan fingerprint density at radius 1 is 0.693 bits per heavy atom. The number of benzene rings is 1. The molecule has 426 valence electrons. The first-order valence-electron chi connectivity index (χ1n) is 28.2. The highest BCUT2D eigenvalue weighted by atomic mass is 16.7. The van der Waals surface area contributed by atoms with Gasteiger partial charge in [0.2, 0.25) is 5.91 Å². The number of carbonyl (C=O) groups excluding carboxylic acids is 2. The minimum Gasteiger partial charge on any atom is -0.479 e. The molecule has 0 bridgehead atoms. The van der Waals surface area contributed by atoms with Crippen molar-refractivity contribution in [3.05, 3.63) is 35.4 Å². The molecule has 1 aromatic rings. The highest BCUT2D eigenvalue weighted by Crippen LogP contribution is 2.39. The van der Waals surface area contributed by atoms with Crippen LogP contribution in [0.25, 0.3) is 0 Å². The lowest BCUT2D eigenvalue weighted by molar-refractivity contribution is -0.350. The highest BCUT2D eigenvalue weighted by Gasteiger charge is 2.54. The van der Waals surface area contributed by atoms with Gasteiger partial charge in [-0.1, -0.05) is 63.3 Å². The highest BCUT2D eigenvalue weighted by molar-refractivity contribution is 5.79. The number of nitrogens with zero attached hydrogens (tertiary/aromatic N) is 1. The molecular formula is C54H90N6O15. The summed E-state index contributed by atoms with van der Waals surface area (Å²) in [5.41, 5.74) is 2.29. The summed E-state index contributed by atoms with van der Waals surface area (Å²) < 4.78 is 38.0. The number of amides is 1. The maximum absolute atomic E-state index is 14.2. The third-order valence-corrected chi connectivity index (χ3v) is 16.2. The molecule has 6 aliphatic rings. The van der Waals surface area contributed by atoms with E-state index in [0.717, 1.165) is 109 Å². The van der Waals surface area contributed by atoms with Crippen molar-refractivity contribution < 1.29 is 73.4 Å². The Balaban J connectivity index is 1.06. The van der Waals surface area contributed by atoms with E-state index in [-0.39, 0.29) is 24.7 Å². The lowest BCUT2D eigenvalue weighted by Crippen LogP contribution is -2.64. The normalized spacial score (nSPS) is 35.2. The average molecular weight is 1060 g/mol. The van der Waals surface area contributed by atoms with Crippen LogP contribution in [0.1, 0.15) is 102 Å². The molecular weight excluding hydrogens is 973 g/mol. The van der Waals surface area contributed by atoms with Gasteiger partial charge in [-0.2, -0.15) is 0 Å². The van der Waals surface area contributed by atoms with E-state index in [1.54, 1.807) is 0 Å². The fourth-order valence-corrected chi connectivity index (χ4v) is 11.7. The van der Waals surface area contributed by atoms with Gasteiger partial charge in [-0.15, -0.1) is 0 Å². The van der Waals surface area contributed by atoms with Crippen LogP contribution in [0.3, 0.4) is 0 Å². The SMILES string of the molecule is CC1CC(C(=O)NCCc2ccc(CN3CCCNCCNCCCNCC3)cc2)CC(O[C@@H]2O[C@H](CO)[C@H](O)[C@H](O[C@@H](CC3CCCCC3)C(=O)O)[C@H]2OC(=O)C2CCNCC2)C1O[C@@H]1O[C@@H](C)[C@@H](O)[C@@H](O)[C@@H]1O. The lowest BCUT2D eigenvalue weighted by atomic mass is 9.77. The molecule has 4 aliphatic heterocycles. The van der Waals surface area contributed by atoms with Gasteiger partial charge in [-0.05, 0) is 121 Å². The lowest BCUT2D eigenvalue weighted by Gasteiger charge is -2.48. The van der Waals surface area contributed by atoms with Gasteiger partial charge in [-0.3, -0.25) is 14.5 Å². The second-order valence-electron chi connectivity index (χ2n) is 22.0. The Hall–Kier alpha value is -2.97. The maximum Gasteiger partial charge on any atom is 0.332 e. The molecule has 0 spiro atoms. The Morgan fingerprint density at radius 3 is 2.08 bits per heavy atom. The van der Waals surface area contributed by atoms with Gasteiger partial charge in [-0.25, -0.2) is 4.79 Å². The van der Waals surface area contributed by atoms with Gasteiger partial charge in [0.15, 0.2) is 24.8 Å². The zero-order valence-electron chi connectivity index (χ0n) is 44.3. The maximum atomic E-state index is 14.2. The molecule has 2 aliphatic carbocycles. The van der Waals surface area contributed by atoms with Crippen LogP contribution >= 0.6 is 0 Å². The number of hydrogen-bond acceptors (Lipinski definition) is 19. The van der Waals surface area contributed by atoms with Crippen molar-refractivity contribution >= 4 is 17.8 Å². The van der Waals surface area contributed by atoms with Crippen molar-refractivity contribution in [2.75, 3.05) is 78.6 Å². The van der Waals surface area contributed by atoms with Crippen molar-refractivity contribution in [1.82, 2.24) is 31.5 Å². The average Bonchev–Trinajstić information content (AvgIpc) is 3.41. The summed E-state index contributed by atoms with van der Waals surface area (Å²) in [7, 11) is 0. The molecule has 4 saturated heterocycles. The molecule has 15 atom stereocenters. The molecule has 11 N–H and O–H groups in total. The van der Waals surface area contributed by atoms with Crippen LogP contribution in [0, 0.1) is 23.7 Å². The zero-order valence-corrected chi connectivity index (χ0v) is 44.3. The van der Waals surface area contributed by atoms with Crippen LogP contribution in [0.2, 0.25) is 0 Å². The van der Waals surface area contributed by atoms with E-state index in [1.807, 2.05) is 6.92 Å². The zero-order chi connectivity index (χ0) is 53.3. The second-order valence-corrected chi connectivity index (χ2v) is 22.0. The van der Waals surface area contributed by atoms with Crippen LogP contribution < -0.4 is 26.6 Å². The summed E-state index contributed by atoms with van der Waals surface area (Å²) in [4.78, 5) is 43.6. The Labute approximate surface area is 442 Å². The number of carboxylic acid groups (broad SMARTS) is 1. The number of aliphatic hydroxyl groups is 5. The van der Waals surface area contributed by atoms with E-state index in [4.69, 9.17) is 28.4 Å². The molecule has 21 nitrogen and oxygen atoms in total. The first-order valence-corrected chi connectivity index (χ1v) is 28.2. The van der Waals surface area contributed by atoms with Crippen LogP contribution in [0.4, 0.5) is 0 Å². The quantitative estimate of drug-likeness (QED) is 0.0873. The fraction of sp³-hybridized carbons (Fsp3) is 0.833. The minimum atomic E-state index is -1.66. The molecule has 0 radical (unpaired) electrons. The standard InChI is InChI=1S/C54H90N6O15/c1-33-28-39(50(66)59-22-14-35-10-12-37(13-11-35)31-60-26-7-19-56-24-23-55-17-6-18-57-25-27-60)30-40(47(33)75-53-46(65)45(64)43(62)34(2)70-53)72-54-49(74-52(69)38-15-20-58-21-16-38)48(44(63)42(32-61)73-54)71-41(51(67)68)29-36-8-4-3-5-9-36/h10-13,33-34,36,38-49,53-58,61-65H,3-9,14-32H2,1-2H3,(H,59,66)(H,67,68)/t33?,34-,39?,40?,41-,42+,43+,44-,45+,46-,47?,48-,49+,53-,54+/m0/s1. The summed E-state index contributed by atoms with van der Waals surface area (Å²) in [6.07, 6.45) is -9.20. The molecule has 75 heavy (non-hydrogen) atoms. The van der Waals surface area contributed by atoms with Crippen LogP contribution in [-0.4, -0.2) is 212 Å². The number of nitrogens with one attached hydrogen (secondary N) is 5. The number of aliphatic hydroxyl groups excluding tert-OH is 5. The van der Waals surface area contributed by atoms with Crippen molar-refractivity contribution in [1.29, 1.82) is 0 Å². The van der Waals surface area contributed by atoms with Crippen LogP contribution in [0.15, 0.2) is 24.3 Å². The first kappa shape index (κ1) is 59.7. The summed E-state index contributed by atoms with van der Waals surface area (Å²) in [5, 5.41) is 82.2. The second kappa shape index (κ2) is 30.4. The van der Waals surface area contributed by atoms with Crippen molar-refractivity contribution in [2.45, 2.75) is 184 Å². The van der Waals surface area contributed by atoms with Crippen molar-refractivity contribution in [3.63, 3.8) is 0 Å². The topological polar surface area (TPSA) is 291 Å². The third kappa shape index (κ3) is 17.5. The Morgan fingerprint density at radius 2 is 1.37 bits per heavy atom. The molecule has 21 heteroatoms. The first-order chi connectivity index (χ1) is 36.3. The molecule has 6 fully saturated rings. The number of carbonyl (C=O) groups is 3. The van der Waals surface area contributed by atoms with E-state index in [2.05, 4.69) is 55.7 Å². The molecule has 4 unspecified atom stereocenters. The smallest absolute Gasteiger partial charge is 0.332 e. The largest absolute Gasteiger partial charge is 0.479 e. The minimum absolute atomic E-state index is 0.0322. The Bertz CT molecular complexity index is 1850. The van der Waals surface area contributed by atoms with Gasteiger partial charge >= 0.3 is 11.9 Å². The van der Waals surface area contributed by atoms with Gasteiger partial charge in [0.05, 0.1) is 30.8 Å². The third-order valence-electron chi connectivity index (χ3n) is 16.2. The summed E-state index contributed by atoms with van der Waals surface area (Å²) in [6, 6.07) is 8.51. The monoisotopic (exact) mass is 1060 g/mol. The molecule has 0 aromatic heterocycles. The van der Waals surface area contributed by atoms with E-state index in [0.29, 0.717) is 45.3 Å². The van der Waals surface area contributed by atoms with E-state index in [1.165, 1.54) is 12.5 Å². The molecule has 7 rings (SSSR count). The number of aliphatic carboxylic acids is 1. The van der Waals surface area contributed by atoms with Gasteiger partial charge in [0, 0.05) is 45.2 Å². The van der Waals surface area contributed by atoms with Crippen molar-refractivity contribution in [2.24, 2.45) is 23.7 Å². The van der Waals surface area contributed by atoms with Gasteiger partial charge in [0.25, 0.3) is 0 Å². The number of piperidine rings is 1. The molecule has 4 heterocycles. The van der Waals surface area contributed by atoms with Crippen LogP contribution in [-0.2, 0) is 55.8 Å². The van der Waals surface area contributed by atoms with Gasteiger partial charge in [0.1, 0.15) is 36.6 Å². The number of esters is 1. The molecule has 1 amide bonds. The van der Waals surface area contributed by atoms with E-state index >= 15 is 0 Å². The Kier molecular flexibility index (Phi) is 24.2. The number of carboxylic acids is 1. The number of ether oxygens (including phenoxy) is 6. The number of rotatable bonds is 18. The van der Waals surface area contributed by atoms with Gasteiger partial charge < -0.3 is 85.6 Å². The summed E-state index contributed by atoms with van der Waals surface area (Å²) >= 11 is 0. The van der Waals surface area contributed by atoms with E-state index in [9.17, 15) is 45.0 Å². The fourth-order valence-electron chi connectivity index (χ4n) is 11.7. The van der Waals surface area contributed by atoms with Crippen molar-refractivity contribution in [3.8, 4) is 0 Å². The predicted octanol–water partition coefficient (Wildman–Crippen LogP) is 0.152. The van der Waals surface area contributed by atoms with Crippen LogP contribution in [0.5, 0.6) is 0 Å². The summed E-state index contributed by atoms with van der Waals surface area (Å²) in [5.74, 6) is -3.65. The molecule has 2 saturated carbocycles.